The average molecular weight is 538 g/mol. The largest absolute Gasteiger partial charge is 0.392 e. The summed E-state index contributed by atoms with van der Waals surface area (Å²) in [7, 11) is 3.82. The van der Waals surface area contributed by atoms with Crippen LogP contribution in [0.3, 0.4) is 0 Å². The quantitative estimate of drug-likeness (QED) is 0.149. The van der Waals surface area contributed by atoms with Crippen molar-refractivity contribution < 1.29 is 19.8 Å². The van der Waals surface area contributed by atoms with Gasteiger partial charge in [-0.2, -0.15) is 0 Å². The minimum absolute atomic E-state index is 0.0779. The standard InChI is InChI=1S/C26H35N9O4/c1-27-15-21(26(37)32-38)16-29-18-33(3)8-9-34(4)24-22(28-2)25(35-10-12-39-13-11-35)31-23(30-24)20-7-5-6-19(14-20)17-36/h5-7,14-16,36,38H,1-2,8-13,17-18H2,3-4H3,(H,32,37)/b21-15+,29-16?. The first-order valence-electron chi connectivity index (χ1n) is 12.3. The molecule has 1 aliphatic heterocycles. The van der Waals surface area contributed by atoms with Gasteiger partial charge in [0.2, 0.25) is 0 Å². The lowest BCUT2D eigenvalue weighted by molar-refractivity contribution is -0.124. The van der Waals surface area contributed by atoms with E-state index in [1.54, 1.807) is 5.48 Å². The smallest absolute Gasteiger partial charge is 0.277 e. The van der Waals surface area contributed by atoms with Crippen molar-refractivity contribution in [2.75, 3.05) is 70.0 Å². The zero-order chi connectivity index (χ0) is 28.2. The van der Waals surface area contributed by atoms with Crippen LogP contribution >= 0.6 is 0 Å². The fourth-order valence-corrected chi connectivity index (χ4v) is 3.86. The number of nitrogens with zero attached hydrogens (tertiary/aromatic N) is 8. The fraction of sp³-hybridized carbons (Fsp3) is 0.385. The lowest BCUT2D eigenvalue weighted by Gasteiger charge is -2.31. The van der Waals surface area contributed by atoms with Crippen LogP contribution in [0.1, 0.15) is 5.56 Å². The van der Waals surface area contributed by atoms with Gasteiger partial charge in [-0.25, -0.2) is 15.4 Å². The van der Waals surface area contributed by atoms with Crippen molar-refractivity contribution >= 4 is 42.9 Å². The van der Waals surface area contributed by atoms with Crippen molar-refractivity contribution in [2.24, 2.45) is 15.0 Å². The minimum Gasteiger partial charge on any atom is -0.392 e. The zero-order valence-electron chi connectivity index (χ0n) is 22.3. The summed E-state index contributed by atoms with van der Waals surface area (Å²) < 4.78 is 5.53. The van der Waals surface area contributed by atoms with Crippen LogP contribution < -0.4 is 15.3 Å². The van der Waals surface area contributed by atoms with E-state index in [9.17, 15) is 9.90 Å². The number of aliphatic imine (C=N–C) groups is 3. The Hall–Kier alpha value is -4.04. The molecule has 1 aromatic heterocycles. The van der Waals surface area contributed by atoms with Crippen LogP contribution in [0.5, 0.6) is 0 Å². The average Bonchev–Trinajstić information content (AvgIpc) is 2.98. The number of morpholine rings is 1. The summed E-state index contributed by atoms with van der Waals surface area (Å²) in [5.41, 5.74) is 3.78. The van der Waals surface area contributed by atoms with E-state index in [-0.39, 0.29) is 12.2 Å². The van der Waals surface area contributed by atoms with Crippen molar-refractivity contribution in [1.82, 2.24) is 20.3 Å². The van der Waals surface area contributed by atoms with Gasteiger partial charge in [-0.15, -0.1) is 0 Å². The summed E-state index contributed by atoms with van der Waals surface area (Å²) >= 11 is 0. The number of likely N-dealkylation sites (N-methyl/N-ethyl adjacent to an activating group) is 2. The highest BCUT2D eigenvalue weighted by Gasteiger charge is 2.23. The molecule has 13 nitrogen and oxygen atoms in total. The van der Waals surface area contributed by atoms with Crippen LogP contribution in [0.2, 0.25) is 0 Å². The van der Waals surface area contributed by atoms with E-state index >= 15 is 0 Å². The second kappa shape index (κ2) is 14.8. The molecule has 0 bridgehead atoms. The predicted molar refractivity (Wildman–Crippen MR) is 152 cm³/mol. The number of anilines is 2. The number of aromatic nitrogens is 2. The molecule has 3 N–H and O–H groups in total. The minimum atomic E-state index is -0.724. The van der Waals surface area contributed by atoms with Gasteiger partial charge in [0.1, 0.15) is 5.69 Å². The van der Waals surface area contributed by atoms with Crippen LogP contribution in [0.25, 0.3) is 11.4 Å². The van der Waals surface area contributed by atoms with Gasteiger partial charge in [-0.05, 0) is 32.1 Å². The van der Waals surface area contributed by atoms with Crippen molar-refractivity contribution in [3.8, 4) is 11.4 Å². The van der Waals surface area contributed by atoms with Crippen LogP contribution in [0, 0.1) is 0 Å². The van der Waals surface area contributed by atoms with Gasteiger partial charge in [0.15, 0.2) is 17.5 Å². The fourth-order valence-electron chi connectivity index (χ4n) is 3.86. The number of carbonyl (C=O) groups excluding carboxylic acids is 1. The number of benzene rings is 1. The first-order valence-corrected chi connectivity index (χ1v) is 12.3. The molecule has 208 valence electrons. The number of aliphatic hydroxyl groups excluding tert-OH is 1. The van der Waals surface area contributed by atoms with E-state index in [4.69, 9.17) is 19.9 Å². The number of hydrogen-bond acceptors (Lipinski definition) is 12. The number of hydroxylamine groups is 1. The number of hydrogen-bond donors (Lipinski definition) is 3. The van der Waals surface area contributed by atoms with E-state index in [0.29, 0.717) is 69.2 Å². The summed E-state index contributed by atoms with van der Waals surface area (Å²) in [5, 5.41) is 18.5. The summed E-state index contributed by atoms with van der Waals surface area (Å²) in [6.07, 6.45) is 2.54. The molecule has 1 aromatic carbocycles. The lowest BCUT2D eigenvalue weighted by atomic mass is 10.1. The van der Waals surface area contributed by atoms with Crippen molar-refractivity contribution in [1.29, 1.82) is 0 Å². The van der Waals surface area contributed by atoms with Gasteiger partial charge < -0.3 is 19.6 Å². The molecule has 2 aromatic rings. The van der Waals surface area contributed by atoms with Gasteiger partial charge in [-0.1, -0.05) is 18.2 Å². The van der Waals surface area contributed by atoms with E-state index < -0.39 is 5.91 Å². The van der Waals surface area contributed by atoms with Gasteiger partial charge in [0.05, 0.1) is 32.1 Å². The summed E-state index contributed by atoms with van der Waals surface area (Å²) in [5.74, 6) is 1.11. The molecule has 0 saturated carbocycles. The maximum atomic E-state index is 11.6. The Morgan fingerprint density at radius 3 is 2.67 bits per heavy atom. The molecule has 2 heterocycles. The lowest BCUT2D eigenvalue weighted by Crippen LogP contribution is -2.37. The molecular weight excluding hydrogens is 502 g/mol. The molecule has 1 aliphatic rings. The maximum absolute atomic E-state index is 11.6. The molecular formula is C26H35N9O4. The van der Waals surface area contributed by atoms with Gasteiger partial charge in [0, 0.05) is 51.2 Å². The summed E-state index contributed by atoms with van der Waals surface area (Å²) in [6.45, 7) is 11.1. The Kier molecular flexibility index (Phi) is 11.2. The third-order valence-electron chi connectivity index (χ3n) is 6.01. The normalized spacial score (nSPS) is 14.1. The molecule has 1 fully saturated rings. The van der Waals surface area contributed by atoms with Crippen LogP contribution in [-0.4, -0.2) is 111 Å². The highest BCUT2D eigenvalue weighted by atomic mass is 16.5. The third kappa shape index (κ3) is 7.97. The second-order valence-electron chi connectivity index (χ2n) is 8.82. The molecule has 1 saturated heterocycles. The number of nitrogens with one attached hydrogen (secondary N) is 1. The first-order chi connectivity index (χ1) is 18.9. The Labute approximate surface area is 227 Å². The van der Waals surface area contributed by atoms with E-state index in [0.717, 1.165) is 11.1 Å². The third-order valence-corrected chi connectivity index (χ3v) is 6.01. The first kappa shape index (κ1) is 29.5. The van der Waals surface area contributed by atoms with Crippen LogP contribution in [0.4, 0.5) is 17.3 Å². The van der Waals surface area contributed by atoms with Gasteiger partial charge in [0.25, 0.3) is 5.91 Å². The van der Waals surface area contributed by atoms with Gasteiger partial charge in [-0.3, -0.25) is 29.9 Å². The number of carbonyl (C=O) groups is 1. The van der Waals surface area contributed by atoms with Crippen molar-refractivity contribution in [2.45, 2.75) is 6.61 Å². The van der Waals surface area contributed by atoms with E-state index in [1.807, 2.05) is 48.2 Å². The molecule has 0 aliphatic carbocycles. The molecule has 0 unspecified atom stereocenters. The highest BCUT2D eigenvalue weighted by Crippen LogP contribution is 2.37. The van der Waals surface area contributed by atoms with Crippen LogP contribution in [-0.2, 0) is 16.1 Å². The maximum Gasteiger partial charge on any atom is 0.277 e. The number of aliphatic hydroxyl groups is 1. The van der Waals surface area contributed by atoms with E-state index in [1.165, 1.54) is 12.4 Å². The number of amides is 1. The Bertz CT molecular complexity index is 1210. The second-order valence-corrected chi connectivity index (χ2v) is 8.82. The molecule has 39 heavy (non-hydrogen) atoms. The number of ether oxygens (including phenoxy) is 1. The molecule has 0 spiro atoms. The molecule has 0 radical (unpaired) electrons. The molecule has 3 rings (SSSR count). The monoisotopic (exact) mass is 537 g/mol. The molecule has 13 heteroatoms. The van der Waals surface area contributed by atoms with Gasteiger partial charge >= 0.3 is 0 Å². The zero-order valence-corrected chi connectivity index (χ0v) is 22.3. The summed E-state index contributed by atoms with van der Waals surface area (Å²) in [6, 6.07) is 7.50. The van der Waals surface area contributed by atoms with Crippen LogP contribution in [0.15, 0.2) is 51.0 Å². The topological polar surface area (TPSA) is 151 Å². The highest BCUT2D eigenvalue weighted by molar-refractivity contribution is 6.11. The molecule has 1 amide bonds. The Morgan fingerprint density at radius 1 is 1.23 bits per heavy atom. The SMILES string of the molecule is C=N/C=C(\C=NCN(C)CCN(C)c1nc(-c2cccc(CO)c2)nc(N2CCOCC2)c1N=C)C(=O)NO. The van der Waals surface area contributed by atoms with Crippen molar-refractivity contribution in [3.05, 3.63) is 41.6 Å². The van der Waals surface area contributed by atoms with E-state index in [2.05, 4.69) is 33.3 Å². The summed E-state index contributed by atoms with van der Waals surface area (Å²) in [4.78, 5) is 39.5. The molecule has 0 atom stereocenters. The van der Waals surface area contributed by atoms with Crippen molar-refractivity contribution in [3.63, 3.8) is 0 Å². The Morgan fingerprint density at radius 2 is 2.00 bits per heavy atom. The number of rotatable bonds is 13. The predicted octanol–water partition coefficient (Wildman–Crippen LogP) is 1.29. The Balaban J connectivity index is 1.83.